The summed E-state index contributed by atoms with van der Waals surface area (Å²) in [5, 5.41) is 6.31. The molecule has 0 bridgehead atoms. The van der Waals surface area contributed by atoms with E-state index in [1.165, 1.54) is 25.7 Å². The molecule has 1 aliphatic carbocycles. The summed E-state index contributed by atoms with van der Waals surface area (Å²) < 4.78 is 0. The number of nitrogens with zero attached hydrogens (tertiary/aromatic N) is 2. The fourth-order valence-corrected chi connectivity index (χ4v) is 2.72. The van der Waals surface area contributed by atoms with E-state index >= 15 is 0 Å². The SMILES string of the molecule is CCCNc1nc(NC)ncc1C#C[C@@H]1CCC[C@H](C)C1. The first kappa shape index (κ1) is 15.6. The van der Waals surface area contributed by atoms with Crippen LogP contribution in [-0.2, 0) is 0 Å². The highest BCUT2D eigenvalue weighted by molar-refractivity contribution is 5.55. The number of hydrogen-bond acceptors (Lipinski definition) is 4. The number of anilines is 2. The average molecular weight is 286 g/mol. The molecule has 4 nitrogen and oxygen atoms in total. The largest absolute Gasteiger partial charge is 0.369 e. The van der Waals surface area contributed by atoms with Gasteiger partial charge in [-0.3, -0.25) is 0 Å². The maximum atomic E-state index is 4.47. The molecule has 0 spiro atoms. The quantitative estimate of drug-likeness (QED) is 0.832. The van der Waals surface area contributed by atoms with Crippen LogP contribution in [0.4, 0.5) is 11.8 Å². The molecule has 0 amide bonds. The maximum Gasteiger partial charge on any atom is 0.224 e. The van der Waals surface area contributed by atoms with E-state index in [1.54, 1.807) is 0 Å². The van der Waals surface area contributed by atoms with E-state index in [0.29, 0.717) is 11.9 Å². The number of nitrogens with one attached hydrogen (secondary N) is 2. The Morgan fingerprint density at radius 1 is 1.38 bits per heavy atom. The summed E-state index contributed by atoms with van der Waals surface area (Å²) in [6.45, 7) is 5.37. The molecule has 0 aliphatic heterocycles. The molecule has 2 N–H and O–H groups in total. The molecule has 4 heteroatoms. The third kappa shape index (κ3) is 4.63. The second-order valence-corrected chi connectivity index (χ2v) is 5.87. The van der Waals surface area contributed by atoms with Crippen LogP contribution in [-0.4, -0.2) is 23.6 Å². The van der Waals surface area contributed by atoms with Crippen molar-refractivity contribution in [3.63, 3.8) is 0 Å². The molecule has 0 radical (unpaired) electrons. The molecular formula is C17H26N4. The van der Waals surface area contributed by atoms with E-state index < -0.39 is 0 Å². The van der Waals surface area contributed by atoms with Crippen LogP contribution in [0.1, 0.15) is 51.5 Å². The minimum atomic E-state index is 0.525. The lowest BCUT2D eigenvalue weighted by Gasteiger charge is -2.22. The van der Waals surface area contributed by atoms with Gasteiger partial charge in [-0.15, -0.1) is 0 Å². The van der Waals surface area contributed by atoms with Crippen LogP contribution in [0.5, 0.6) is 0 Å². The summed E-state index contributed by atoms with van der Waals surface area (Å²) in [6, 6.07) is 0. The van der Waals surface area contributed by atoms with Gasteiger partial charge in [0.15, 0.2) is 0 Å². The standard InChI is InChI=1S/C17H26N4/c1-4-10-19-16-15(12-20-17(18-3)21-16)9-8-14-7-5-6-13(2)11-14/h12-14H,4-7,10-11H2,1-3H3,(H2,18,19,20,21)/t13-,14-/m0/s1. The van der Waals surface area contributed by atoms with Gasteiger partial charge in [-0.1, -0.05) is 38.5 Å². The van der Waals surface area contributed by atoms with E-state index in [1.807, 2.05) is 13.2 Å². The van der Waals surface area contributed by atoms with Gasteiger partial charge in [-0.25, -0.2) is 4.98 Å². The van der Waals surface area contributed by atoms with Gasteiger partial charge in [0.1, 0.15) is 5.82 Å². The Balaban J connectivity index is 2.14. The fraction of sp³-hybridized carbons (Fsp3) is 0.647. The molecule has 0 saturated heterocycles. The van der Waals surface area contributed by atoms with Gasteiger partial charge in [-0.2, -0.15) is 4.98 Å². The number of aromatic nitrogens is 2. The molecule has 1 heterocycles. The Labute approximate surface area is 128 Å². The van der Waals surface area contributed by atoms with Gasteiger partial charge in [0.05, 0.1) is 11.8 Å². The van der Waals surface area contributed by atoms with Crippen LogP contribution in [0.3, 0.4) is 0 Å². The van der Waals surface area contributed by atoms with Crippen molar-refractivity contribution in [1.82, 2.24) is 9.97 Å². The second kappa shape index (κ2) is 7.87. The number of hydrogen-bond donors (Lipinski definition) is 2. The summed E-state index contributed by atoms with van der Waals surface area (Å²) >= 11 is 0. The van der Waals surface area contributed by atoms with Gasteiger partial charge in [0, 0.05) is 19.5 Å². The van der Waals surface area contributed by atoms with Crippen molar-refractivity contribution in [1.29, 1.82) is 0 Å². The van der Waals surface area contributed by atoms with Crippen molar-refractivity contribution in [2.45, 2.75) is 46.0 Å². The molecule has 114 valence electrons. The van der Waals surface area contributed by atoms with Crippen molar-refractivity contribution in [2.75, 3.05) is 24.2 Å². The summed E-state index contributed by atoms with van der Waals surface area (Å²) in [7, 11) is 1.83. The first-order valence-corrected chi connectivity index (χ1v) is 8.03. The predicted molar refractivity (Wildman–Crippen MR) is 88.4 cm³/mol. The highest BCUT2D eigenvalue weighted by Gasteiger charge is 2.16. The van der Waals surface area contributed by atoms with Crippen molar-refractivity contribution in [3.05, 3.63) is 11.8 Å². The first-order valence-electron chi connectivity index (χ1n) is 8.03. The zero-order valence-electron chi connectivity index (χ0n) is 13.4. The highest BCUT2D eigenvalue weighted by atomic mass is 15.1. The molecule has 1 aromatic rings. The van der Waals surface area contributed by atoms with Gasteiger partial charge in [0.2, 0.25) is 5.95 Å². The van der Waals surface area contributed by atoms with Crippen molar-refractivity contribution in [3.8, 4) is 11.8 Å². The second-order valence-electron chi connectivity index (χ2n) is 5.87. The minimum absolute atomic E-state index is 0.525. The van der Waals surface area contributed by atoms with E-state index in [4.69, 9.17) is 0 Å². The molecule has 2 rings (SSSR count). The summed E-state index contributed by atoms with van der Waals surface area (Å²) in [6.07, 6.45) is 7.98. The molecule has 1 fully saturated rings. The zero-order valence-corrected chi connectivity index (χ0v) is 13.4. The monoisotopic (exact) mass is 286 g/mol. The molecule has 2 atom stereocenters. The van der Waals surface area contributed by atoms with Crippen LogP contribution in [0.15, 0.2) is 6.20 Å². The molecule has 21 heavy (non-hydrogen) atoms. The smallest absolute Gasteiger partial charge is 0.224 e. The Morgan fingerprint density at radius 2 is 2.24 bits per heavy atom. The van der Waals surface area contributed by atoms with Crippen LogP contribution < -0.4 is 10.6 Å². The molecule has 0 aromatic carbocycles. The lowest BCUT2D eigenvalue weighted by molar-refractivity contribution is 0.333. The molecule has 1 saturated carbocycles. The van der Waals surface area contributed by atoms with Gasteiger partial charge < -0.3 is 10.6 Å². The predicted octanol–water partition coefficient (Wildman–Crippen LogP) is 3.52. The summed E-state index contributed by atoms with van der Waals surface area (Å²) in [4.78, 5) is 8.75. The lowest BCUT2D eigenvalue weighted by atomic mass is 9.83. The molecule has 1 aromatic heterocycles. The topological polar surface area (TPSA) is 49.8 Å². The van der Waals surface area contributed by atoms with Crippen molar-refractivity contribution < 1.29 is 0 Å². The Hall–Kier alpha value is -1.76. The Morgan fingerprint density at radius 3 is 2.95 bits per heavy atom. The maximum absolute atomic E-state index is 4.47. The van der Waals surface area contributed by atoms with Crippen molar-refractivity contribution in [2.24, 2.45) is 11.8 Å². The van der Waals surface area contributed by atoms with E-state index in [9.17, 15) is 0 Å². The summed E-state index contributed by atoms with van der Waals surface area (Å²) in [5.41, 5.74) is 0.903. The van der Waals surface area contributed by atoms with Crippen molar-refractivity contribution >= 4 is 11.8 Å². The van der Waals surface area contributed by atoms with Crippen LogP contribution in [0, 0.1) is 23.7 Å². The van der Waals surface area contributed by atoms with Gasteiger partial charge in [0.25, 0.3) is 0 Å². The van der Waals surface area contributed by atoms with E-state index in [-0.39, 0.29) is 0 Å². The Kier molecular flexibility index (Phi) is 5.86. The van der Waals surface area contributed by atoms with Gasteiger partial charge in [-0.05, 0) is 25.2 Å². The van der Waals surface area contributed by atoms with Crippen LogP contribution >= 0.6 is 0 Å². The summed E-state index contributed by atoms with van der Waals surface area (Å²) in [5.74, 6) is 9.53. The normalized spacial score (nSPS) is 21.3. The first-order chi connectivity index (χ1) is 10.2. The average Bonchev–Trinajstić information content (AvgIpc) is 2.51. The fourth-order valence-electron chi connectivity index (χ4n) is 2.72. The number of rotatable bonds is 4. The van der Waals surface area contributed by atoms with Gasteiger partial charge >= 0.3 is 0 Å². The minimum Gasteiger partial charge on any atom is -0.369 e. The Bertz CT molecular complexity index is 515. The van der Waals surface area contributed by atoms with Crippen LogP contribution in [0.2, 0.25) is 0 Å². The highest BCUT2D eigenvalue weighted by Crippen LogP contribution is 2.28. The zero-order chi connectivity index (χ0) is 15.1. The van der Waals surface area contributed by atoms with E-state index in [2.05, 4.69) is 46.3 Å². The van der Waals surface area contributed by atoms with Crippen LogP contribution in [0.25, 0.3) is 0 Å². The molecular weight excluding hydrogens is 260 g/mol. The lowest BCUT2D eigenvalue weighted by Crippen LogP contribution is -2.11. The third-order valence-corrected chi connectivity index (χ3v) is 3.90. The third-order valence-electron chi connectivity index (χ3n) is 3.90. The molecule has 1 aliphatic rings. The van der Waals surface area contributed by atoms with E-state index in [0.717, 1.165) is 30.3 Å². The molecule has 0 unspecified atom stereocenters.